The zero-order valence-corrected chi connectivity index (χ0v) is 24.4. The fourth-order valence-electron chi connectivity index (χ4n) is 5.93. The van der Waals surface area contributed by atoms with Gasteiger partial charge in [0.2, 0.25) is 11.7 Å². The third-order valence-corrected chi connectivity index (χ3v) is 8.35. The molecule has 2 atom stereocenters. The lowest BCUT2D eigenvalue weighted by molar-refractivity contribution is -0.141. The summed E-state index contributed by atoms with van der Waals surface area (Å²) >= 11 is 0. The number of tetrazole rings is 1. The van der Waals surface area contributed by atoms with Crippen LogP contribution in [0.3, 0.4) is 0 Å². The average molecular weight is 578 g/mol. The van der Waals surface area contributed by atoms with Gasteiger partial charge in [-0.3, -0.25) is 14.2 Å². The van der Waals surface area contributed by atoms with Crippen LogP contribution in [0.1, 0.15) is 55.7 Å². The molecule has 0 radical (unpaired) electrons. The summed E-state index contributed by atoms with van der Waals surface area (Å²) in [5.74, 6) is 0.688. The number of hydrogen-bond acceptors (Lipinski definition) is 7. The summed E-state index contributed by atoms with van der Waals surface area (Å²) < 4.78 is 1.75. The van der Waals surface area contributed by atoms with Crippen LogP contribution in [0.4, 0.5) is 0 Å². The van der Waals surface area contributed by atoms with Crippen molar-refractivity contribution in [2.24, 2.45) is 5.92 Å². The Bertz CT molecular complexity index is 1800. The quantitative estimate of drug-likeness (QED) is 0.263. The fraction of sp³-hybridized carbons (Fsp3) is 0.333. The molecule has 2 unspecified atom stereocenters. The molecular weight excluding hydrogens is 542 g/mol. The second-order valence-electron chi connectivity index (χ2n) is 11.2. The summed E-state index contributed by atoms with van der Waals surface area (Å²) in [5.41, 5.74) is 4.84. The lowest BCUT2D eigenvalue weighted by Crippen LogP contribution is -2.40. The van der Waals surface area contributed by atoms with Gasteiger partial charge < -0.3 is 10.0 Å². The number of rotatable bonds is 9. The van der Waals surface area contributed by atoms with E-state index in [2.05, 4.69) is 27.5 Å². The van der Waals surface area contributed by atoms with E-state index in [1.165, 1.54) is 0 Å². The predicted molar refractivity (Wildman–Crippen MR) is 164 cm³/mol. The summed E-state index contributed by atoms with van der Waals surface area (Å²) in [4.78, 5) is 33.3. The van der Waals surface area contributed by atoms with Gasteiger partial charge >= 0.3 is 0 Å². The first-order valence-corrected chi connectivity index (χ1v) is 14.8. The third-order valence-electron chi connectivity index (χ3n) is 8.35. The molecule has 2 N–H and O–H groups in total. The van der Waals surface area contributed by atoms with Crippen molar-refractivity contribution >= 4 is 16.8 Å². The van der Waals surface area contributed by atoms with Crippen LogP contribution < -0.4 is 5.56 Å². The second kappa shape index (κ2) is 12.3. The maximum atomic E-state index is 14.0. The highest BCUT2D eigenvalue weighted by Crippen LogP contribution is 2.32. The molecule has 6 rings (SSSR count). The number of piperidine rings is 1. The second-order valence-corrected chi connectivity index (χ2v) is 11.2. The number of aromatic nitrogens is 6. The van der Waals surface area contributed by atoms with Crippen LogP contribution >= 0.6 is 0 Å². The molecule has 10 nitrogen and oxygen atoms in total. The van der Waals surface area contributed by atoms with E-state index in [4.69, 9.17) is 4.98 Å². The van der Waals surface area contributed by atoms with E-state index in [9.17, 15) is 14.7 Å². The van der Waals surface area contributed by atoms with Gasteiger partial charge in [0.25, 0.3) is 5.56 Å². The Balaban J connectivity index is 1.34. The monoisotopic (exact) mass is 577 g/mol. The van der Waals surface area contributed by atoms with Crippen molar-refractivity contribution in [2.45, 2.75) is 51.7 Å². The lowest BCUT2D eigenvalue weighted by Gasteiger charge is -2.32. The third kappa shape index (κ3) is 5.70. The zero-order valence-electron chi connectivity index (χ0n) is 24.4. The van der Waals surface area contributed by atoms with Crippen molar-refractivity contribution in [2.75, 3.05) is 13.6 Å². The van der Waals surface area contributed by atoms with E-state index in [0.717, 1.165) is 47.3 Å². The summed E-state index contributed by atoms with van der Waals surface area (Å²) in [7, 11) is 1.77. The van der Waals surface area contributed by atoms with Gasteiger partial charge in [-0.2, -0.15) is 5.21 Å². The minimum absolute atomic E-state index is 0.0624. The number of carbonyl (C=O) groups excluding carboxylic acids is 1. The van der Waals surface area contributed by atoms with Crippen molar-refractivity contribution in [1.29, 1.82) is 0 Å². The number of fused-ring (bicyclic) bond motifs is 1. The van der Waals surface area contributed by atoms with Gasteiger partial charge in [0.15, 0.2) is 0 Å². The minimum Gasteiger partial charge on any atom is -0.388 e. The zero-order chi connectivity index (χ0) is 29.9. The number of aliphatic hydroxyl groups excluding tert-OH is 1. The summed E-state index contributed by atoms with van der Waals surface area (Å²) in [5, 5.41) is 26.1. The van der Waals surface area contributed by atoms with Gasteiger partial charge in [0.1, 0.15) is 5.82 Å². The molecule has 0 spiro atoms. The van der Waals surface area contributed by atoms with E-state index in [1.807, 2.05) is 48.5 Å². The van der Waals surface area contributed by atoms with Gasteiger partial charge in [0, 0.05) is 25.6 Å². The van der Waals surface area contributed by atoms with Crippen molar-refractivity contribution in [3.63, 3.8) is 0 Å². The number of hydrogen-bond donors (Lipinski definition) is 2. The smallest absolute Gasteiger partial charge is 0.261 e. The molecule has 1 fully saturated rings. The SMILES string of the molecule is CCCCc1nc2ccc(C(O)C3CCCN(C)C3=O)cc2c(=O)n1Cc1ccc(-c2ccccc2-c2nn[nH]n2)cc1. The Hall–Kier alpha value is -4.70. The number of aryl methyl sites for hydroxylation is 1. The van der Waals surface area contributed by atoms with Crippen LogP contribution in [0.5, 0.6) is 0 Å². The van der Waals surface area contributed by atoms with Crippen LogP contribution in [-0.2, 0) is 17.8 Å². The van der Waals surface area contributed by atoms with Crippen LogP contribution in [0.15, 0.2) is 71.5 Å². The van der Waals surface area contributed by atoms with Crippen LogP contribution in [-0.4, -0.2) is 59.7 Å². The lowest BCUT2D eigenvalue weighted by atomic mass is 9.87. The van der Waals surface area contributed by atoms with Crippen molar-refractivity contribution in [3.8, 4) is 22.5 Å². The number of carbonyl (C=O) groups is 1. The molecule has 220 valence electrons. The van der Waals surface area contributed by atoms with E-state index >= 15 is 0 Å². The Morgan fingerprint density at radius 1 is 1.05 bits per heavy atom. The number of nitrogens with zero attached hydrogens (tertiary/aromatic N) is 6. The van der Waals surface area contributed by atoms with Crippen LogP contribution in [0, 0.1) is 5.92 Å². The largest absolute Gasteiger partial charge is 0.388 e. The summed E-state index contributed by atoms with van der Waals surface area (Å²) in [6.07, 6.45) is 3.07. The van der Waals surface area contributed by atoms with E-state index < -0.39 is 12.0 Å². The Kier molecular flexibility index (Phi) is 8.11. The maximum Gasteiger partial charge on any atom is 0.261 e. The maximum absolute atomic E-state index is 14.0. The molecule has 1 aliphatic rings. The van der Waals surface area contributed by atoms with Gasteiger partial charge in [0.05, 0.1) is 29.5 Å². The van der Waals surface area contributed by atoms with Gasteiger partial charge in [-0.05, 0) is 58.9 Å². The number of amides is 1. The first kappa shape index (κ1) is 28.4. The molecule has 1 amide bonds. The molecule has 43 heavy (non-hydrogen) atoms. The predicted octanol–water partition coefficient (Wildman–Crippen LogP) is 4.54. The molecule has 1 aliphatic heterocycles. The topological polar surface area (TPSA) is 130 Å². The van der Waals surface area contributed by atoms with Crippen LogP contribution in [0.25, 0.3) is 33.4 Å². The van der Waals surface area contributed by atoms with Crippen molar-refractivity contribution in [1.82, 2.24) is 35.1 Å². The number of unbranched alkanes of at least 4 members (excludes halogenated alkanes) is 1. The normalized spacial score (nSPS) is 16.1. The summed E-state index contributed by atoms with van der Waals surface area (Å²) in [6.45, 7) is 3.18. The highest BCUT2D eigenvalue weighted by molar-refractivity contribution is 5.82. The standard InChI is InChI=1S/C33H35N7O3/c1-3-4-11-29-34-28-17-16-23(30(41)26-10-7-18-39(2)32(26)42)19-27(28)33(43)40(29)20-21-12-14-22(15-13-21)24-8-5-6-9-25(24)31-35-37-38-36-31/h5-6,8-9,12-17,19,26,30,41H,3-4,7,10-11,18,20H2,1-2H3,(H,35,36,37,38). The minimum atomic E-state index is -0.977. The van der Waals surface area contributed by atoms with E-state index in [-0.39, 0.29) is 11.5 Å². The molecule has 5 aromatic rings. The number of aliphatic hydroxyl groups is 1. The summed E-state index contributed by atoms with van der Waals surface area (Å²) in [6, 6.07) is 21.3. The molecule has 3 heterocycles. The number of aromatic amines is 1. The molecule has 3 aromatic carbocycles. The highest BCUT2D eigenvalue weighted by atomic mass is 16.3. The van der Waals surface area contributed by atoms with E-state index in [1.54, 1.807) is 34.7 Å². The molecule has 0 bridgehead atoms. The average Bonchev–Trinajstić information content (AvgIpc) is 3.58. The van der Waals surface area contributed by atoms with Crippen LogP contribution in [0.2, 0.25) is 0 Å². The van der Waals surface area contributed by atoms with Gasteiger partial charge in [-0.1, -0.05) is 67.9 Å². The number of H-pyrrole nitrogens is 1. The fourth-order valence-corrected chi connectivity index (χ4v) is 5.93. The van der Waals surface area contributed by atoms with Crippen molar-refractivity contribution in [3.05, 3.63) is 94.0 Å². The first-order valence-electron chi connectivity index (χ1n) is 14.8. The van der Waals surface area contributed by atoms with E-state index in [0.29, 0.717) is 48.2 Å². The molecule has 0 saturated carbocycles. The van der Waals surface area contributed by atoms with Gasteiger partial charge in [-0.25, -0.2) is 4.98 Å². The first-order chi connectivity index (χ1) is 20.9. The molecule has 0 aliphatic carbocycles. The molecule has 10 heteroatoms. The Labute approximate surface area is 249 Å². The Morgan fingerprint density at radius 3 is 2.58 bits per heavy atom. The Morgan fingerprint density at radius 2 is 1.84 bits per heavy atom. The number of nitrogens with one attached hydrogen (secondary N) is 1. The van der Waals surface area contributed by atoms with Gasteiger partial charge in [-0.15, -0.1) is 10.2 Å². The molecular formula is C33H35N7O3. The number of likely N-dealkylation sites (tertiary alicyclic amines) is 1. The highest BCUT2D eigenvalue weighted by Gasteiger charge is 2.33. The molecule has 2 aromatic heterocycles. The molecule has 1 saturated heterocycles. The van der Waals surface area contributed by atoms with Crippen molar-refractivity contribution < 1.29 is 9.90 Å². The number of benzene rings is 3.